The van der Waals surface area contributed by atoms with Crippen molar-refractivity contribution in [2.45, 2.75) is 26.2 Å². The van der Waals surface area contributed by atoms with Crippen molar-refractivity contribution in [2.75, 3.05) is 0 Å². The molecule has 1 unspecified atom stereocenters. The van der Waals surface area contributed by atoms with Gasteiger partial charge >= 0.3 is 0 Å². The molecule has 0 saturated carbocycles. The van der Waals surface area contributed by atoms with Crippen LogP contribution >= 0.6 is 15.9 Å². The molecule has 2 nitrogen and oxygen atoms in total. The maximum absolute atomic E-state index is 12.0. The van der Waals surface area contributed by atoms with E-state index < -0.39 is 5.92 Å². The number of halogens is 1. The highest BCUT2D eigenvalue weighted by atomic mass is 79.9. The summed E-state index contributed by atoms with van der Waals surface area (Å²) in [5.74, 6) is -0.431. The molecule has 2 rings (SSSR count). The van der Waals surface area contributed by atoms with Crippen molar-refractivity contribution in [3.8, 4) is 0 Å². The fourth-order valence-corrected chi connectivity index (χ4v) is 2.46. The molecule has 0 amide bonds. The Bertz CT molecular complexity index is 451. The first-order valence-corrected chi connectivity index (χ1v) is 6.32. The summed E-state index contributed by atoms with van der Waals surface area (Å²) in [5, 5.41) is 0. The lowest BCUT2D eigenvalue weighted by Gasteiger charge is -2.04. The Morgan fingerprint density at radius 2 is 1.88 bits per heavy atom. The van der Waals surface area contributed by atoms with E-state index in [1.807, 2.05) is 6.07 Å². The van der Waals surface area contributed by atoms with Crippen LogP contribution in [0.1, 0.15) is 46.9 Å². The number of ketones is 2. The van der Waals surface area contributed by atoms with Crippen LogP contribution in [-0.2, 0) is 0 Å². The molecular formula is C13H13BrO2. The van der Waals surface area contributed by atoms with Gasteiger partial charge in [0.15, 0.2) is 11.6 Å². The van der Waals surface area contributed by atoms with Crippen LogP contribution in [-0.4, -0.2) is 11.6 Å². The topological polar surface area (TPSA) is 34.1 Å². The third kappa shape index (κ3) is 1.84. The summed E-state index contributed by atoms with van der Waals surface area (Å²) < 4.78 is 0.851. The van der Waals surface area contributed by atoms with Crippen LogP contribution in [0.5, 0.6) is 0 Å². The Hall–Kier alpha value is -0.960. The van der Waals surface area contributed by atoms with Crippen molar-refractivity contribution >= 4 is 27.5 Å². The molecule has 0 radical (unpaired) electrons. The summed E-state index contributed by atoms with van der Waals surface area (Å²) in [6.07, 6.45) is 2.62. The minimum atomic E-state index is -0.427. The van der Waals surface area contributed by atoms with Gasteiger partial charge in [-0.05, 0) is 24.6 Å². The average Bonchev–Trinajstić information content (AvgIpc) is 2.50. The second-order valence-corrected chi connectivity index (χ2v) is 5.03. The van der Waals surface area contributed by atoms with Crippen LogP contribution in [0.15, 0.2) is 22.7 Å². The van der Waals surface area contributed by atoms with Crippen LogP contribution in [0.3, 0.4) is 0 Å². The number of carbonyl (C=O) groups is 2. The molecule has 1 aromatic rings. The van der Waals surface area contributed by atoms with Crippen LogP contribution in [0, 0.1) is 5.92 Å². The van der Waals surface area contributed by atoms with Crippen LogP contribution in [0.4, 0.5) is 0 Å². The molecule has 0 saturated heterocycles. The predicted molar refractivity (Wildman–Crippen MR) is 65.8 cm³/mol. The Labute approximate surface area is 103 Å². The van der Waals surface area contributed by atoms with E-state index in [1.54, 1.807) is 12.1 Å². The molecule has 0 bridgehead atoms. The van der Waals surface area contributed by atoms with Gasteiger partial charge in [0.25, 0.3) is 0 Å². The highest BCUT2D eigenvalue weighted by molar-refractivity contribution is 9.10. The predicted octanol–water partition coefficient (Wildman–Crippen LogP) is 3.63. The van der Waals surface area contributed by atoms with E-state index >= 15 is 0 Å². The fraction of sp³-hybridized carbons (Fsp3) is 0.385. The summed E-state index contributed by atoms with van der Waals surface area (Å²) in [4.78, 5) is 24.0. The molecule has 0 aliphatic heterocycles. The summed E-state index contributed by atoms with van der Waals surface area (Å²) in [6, 6.07) is 5.30. The van der Waals surface area contributed by atoms with E-state index in [4.69, 9.17) is 0 Å². The van der Waals surface area contributed by atoms with Gasteiger partial charge in [0, 0.05) is 15.6 Å². The number of Topliss-reactive ketones (excluding diaryl/α,β-unsaturated/α-hetero) is 2. The molecular weight excluding hydrogens is 268 g/mol. The fourth-order valence-electron chi connectivity index (χ4n) is 2.10. The first-order valence-electron chi connectivity index (χ1n) is 5.53. The summed E-state index contributed by atoms with van der Waals surface area (Å²) >= 11 is 3.32. The summed E-state index contributed by atoms with van der Waals surface area (Å²) in [5.41, 5.74) is 1.18. The number of hydrogen-bond acceptors (Lipinski definition) is 2. The Kier molecular flexibility index (Phi) is 3.24. The van der Waals surface area contributed by atoms with Crippen molar-refractivity contribution in [1.29, 1.82) is 0 Å². The van der Waals surface area contributed by atoms with Crippen molar-refractivity contribution in [3.05, 3.63) is 33.8 Å². The van der Waals surface area contributed by atoms with Crippen molar-refractivity contribution in [3.63, 3.8) is 0 Å². The van der Waals surface area contributed by atoms with Gasteiger partial charge in [-0.3, -0.25) is 9.59 Å². The third-order valence-electron chi connectivity index (χ3n) is 2.99. The number of carbonyl (C=O) groups excluding carboxylic acids is 2. The molecule has 0 spiro atoms. The zero-order valence-electron chi connectivity index (χ0n) is 9.13. The summed E-state index contributed by atoms with van der Waals surface area (Å²) in [7, 11) is 0. The second-order valence-electron chi connectivity index (χ2n) is 4.11. The lowest BCUT2D eigenvalue weighted by atomic mass is 9.97. The highest BCUT2D eigenvalue weighted by Gasteiger charge is 2.37. The molecule has 0 fully saturated rings. The first kappa shape index (κ1) is 11.5. The molecule has 3 heteroatoms. The van der Waals surface area contributed by atoms with Crippen LogP contribution in [0.25, 0.3) is 0 Å². The maximum Gasteiger partial charge on any atom is 0.174 e. The van der Waals surface area contributed by atoms with Crippen molar-refractivity contribution in [2.24, 2.45) is 5.92 Å². The Morgan fingerprint density at radius 3 is 2.56 bits per heavy atom. The lowest BCUT2D eigenvalue weighted by Crippen LogP contribution is -2.14. The van der Waals surface area contributed by atoms with Gasteiger partial charge in [0.05, 0.1) is 5.92 Å². The van der Waals surface area contributed by atoms with E-state index in [-0.39, 0.29) is 11.6 Å². The van der Waals surface area contributed by atoms with Gasteiger partial charge in [0.2, 0.25) is 0 Å². The van der Waals surface area contributed by atoms with E-state index in [9.17, 15) is 9.59 Å². The number of benzene rings is 1. The van der Waals surface area contributed by atoms with Gasteiger partial charge in [-0.25, -0.2) is 0 Å². The Morgan fingerprint density at radius 1 is 1.19 bits per heavy atom. The highest BCUT2D eigenvalue weighted by Crippen LogP contribution is 2.31. The van der Waals surface area contributed by atoms with Gasteiger partial charge in [0.1, 0.15) is 0 Å². The van der Waals surface area contributed by atoms with Gasteiger partial charge in [-0.15, -0.1) is 0 Å². The third-order valence-corrected chi connectivity index (χ3v) is 3.49. The largest absolute Gasteiger partial charge is 0.293 e. The molecule has 0 N–H and O–H groups in total. The normalized spacial score (nSPS) is 19.0. The molecule has 1 aromatic carbocycles. The van der Waals surface area contributed by atoms with E-state index in [0.29, 0.717) is 17.5 Å². The van der Waals surface area contributed by atoms with Crippen molar-refractivity contribution in [1.82, 2.24) is 0 Å². The molecule has 1 aliphatic rings. The molecule has 1 aliphatic carbocycles. The standard InChI is InChI=1S/C13H13BrO2/c1-2-3-4-10-12(15)9-6-5-8(14)7-11(9)13(10)16/h5-7,10H,2-4H2,1H3. The van der Waals surface area contributed by atoms with Crippen LogP contribution < -0.4 is 0 Å². The van der Waals surface area contributed by atoms with Crippen molar-refractivity contribution < 1.29 is 9.59 Å². The average molecular weight is 281 g/mol. The number of hydrogen-bond donors (Lipinski definition) is 0. The molecule has 16 heavy (non-hydrogen) atoms. The molecule has 1 atom stereocenters. The van der Waals surface area contributed by atoms with Gasteiger partial charge in [-0.2, -0.15) is 0 Å². The summed E-state index contributed by atoms with van der Waals surface area (Å²) in [6.45, 7) is 2.06. The van der Waals surface area contributed by atoms with Crippen LogP contribution in [0.2, 0.25) is 0 Å². The smallest absolute Gasteiger partial charge is 0.174 e. The zero-order chi connectivity index (χ0) is 11.7. The minimum absolute atomic E-state index is 0.000880. The maximum atomic E-state index is 12.0. The number of rotatable bonds is 3. The van der Waals surface area contributed by atoms with E-state index in [2.05, 4.69) is 22.9 Å². The first-order chi connectivity index (χ1) is 7.65. The van der Waals surface area contributed by atoms with E-state index in [1.165, 1.54) is 0 Å². The minimum Gasteiger partial charge on any atom is -0.293 e. The zero-order valence-corrected chi connectivity index (χ0v) is 10.7. The van der Waals surface area contributed by atoms with Gasteiger partial charge in [-0.1, -0.05) is 35.7 Å². The van der Waals surface area contributed by atoms with E-state index in [0.717, 1.165) is 17.3 Å². The molecule has 0 aromatic heterocycles. The van der Waals surface area contributed by atoms with Gasteiger partial charge < -0.3 is 0 Å². The monoisotopic (exact) mass is 280 g/mol. The number of fused-ring (bicyclic) bond motifs is 1. The quantitative estimate of drug-likeness (QED) is 0.793. The molecule has 84 valence electrons. The number of unbranched alkanes of at least 4 members (excludes halogenated alkanes) is 1. The lowest BCUT2D eigenvalue weighted by molar-refractivity contribution is 0.0829. The Balaban J connectivity index is 2.33. The second kappa shape index (κ2) is 4.50. The SMILES string of the molecule is CCCCC1C(=O)c2ccc(Br)cc2C1=O. The molecule has 0 heterocycles.